The molecule has 0 fully saturated rings. The van der Waals surface area contributed by atoms with E-state index < -0.39 is 0 Å². The number of pyridine rings is 1. The lowest BCUT2D eigenvalue weighted by atomic mass is 9.91. The van der Waals surface area contributed by atoms with Gasteiger partial charge in [0, 0.05) is 30.8 Å². The second-order valence-electron chi connectivity index (χ2n) is 6.44. The van der Waals surface area contributed by atoms with Crippen molar-refractivity contribution in [3.8, 4) is 0 Å². The highest BCUT2D eigenvalue weighted by atomic mass is 16.2. The van der Waals surface area contributed by atoms with E-state index in [1.54, 1.807) is 0 Å². The monoisotopic (exact) mass is 319 g/mol. The first-order valence-electron chi connectivity index (χ1n) is 8.30. The van der Waals surface area contributed by atoms with Gasteiger partial charge in [-0.05, 0) is 37.3 Å². The Morgan fingerprint density at radius 1 is 1.30 bits per heavy atom. The second-order valence-corrected chi connectivity index (χ2v) is 6.44. The first-order valence-corrected chi connectivity index (χ1v) is 8.30. The topological polar surface area (TPSA) is 71.1 Å². The van der Waals surface area contributed by atoms with Gasteiger partial charge >= 0.3 is 0 Å². The molecule has 0 saturated heterocycles. The molecule has 2 unspecified atom stereocenters. The van der Waals surface area contributed by atoms with Crippen molar-refractivity contribution in [3.63, 3.8) is 0 Å². The van der Waals surface area contributed by atoms with Crippen LogP contribution in [-0.2, 0) is 16.0 Å². The summed E-state index contributed by atoms with van der Waals surface area (Å²) in [5, 5.41) is 5.52. The molecule has 128 valence electrons. The lowest BCUT2D eigenvalue weighted by molar-refractivity contribution is -0.128. The summed E-state index contributed by atoms with van der Waals surface area (Å²) in [7, 11) is 0. The molecule has 1 rings (SSSR count). The number of amides is 2. The quantitative estimate of drug-likeness (QED) is 0.772. The van der Waals surface area contributed by atoms with Crippen LogP contribution in [0, 0.1) is 0 Å². The van der Waals surface area contributed by atoms with Crippen LogP contribution >= 0.6 is 0 Å². The lowest BCUT2D eigenvalue weighted by Gasteiger charge is -2.29. The normalized spacial score (nSPS) is 14.8. The fourth-order valence-corrected chi connectivity index (χ4v) is 2.31. The summed E-state index contributed by atoms with van der Waals surface area (Å²) < 4.78 is 0. The van der Waals surface area contributed by atoms with E-state index in [-0.39, 0.29) is 23.9 Å². The molecule has 1 aromatic heterocycles. The van der Waals surface area contributed by atoms with Crippen molar-refractivity contribution >= 4 is 11.8 Å². The molecular formula is C18H29N3O2. The molecule has 0 aliphatic heterocycles. The van der Waals surface area contributed by atoms with Crippen molar-refractivity contribution in [2.24, 2.45) is 0 Å². The number of hydrogen-bond donors (Lipinski definition) is 2. The van der Waals surface area contributed by atoms with Gasteiger partial charge < -0.3 is 5.32 Å². The van der Waals surface area contributed by atoms with Gasteiger partial charge in [-0.3, -0.25) is 19.9 Å². The molecule has 0 radical (unpaired) electrons. The van der Waals surface area contributed by atoms with Gasteiger partial charge in [0.1, 0.15) is 0 Å². The highest BCUT2D eigenvalue weighted by Gasteiger charge is 2.23. The van der Waals surface area contributed by atoms with E-state index in [0.29, 0.717) is 5.92 Å². The maximum Gasteiger partial charge on any atom is 0.240 e. The number of rotatable bonds is 8. The van der Waals surface area contributed by atoms with Gasteiger partial charge in [-0.25, -0.2) is 0 Å². The van der Waals surface area contributed by atoms with Gasteiger partial charge in [0.15, 0.2) is 0 Å². The molecule has 0 bridgehead atoms. The second kappa shape index (κ2) is 8.77. The zero-order valence-corrected chi connectivity index (χ0v) is 14.9. The Morgan fingerprint density at radius 2 is 2.00 bits per heavy atom. The van der Waals surface area contributed by atoms with Crippen molar-refractivity contribution in [1.82, 2.24) is 15.6 Å². The third-order valence-corrected chi connectivity index (χ3v) is 4.37. The Labute approximate surface area is 139 Å². The summed E-state index contributed by atoms with van der Waals surface area (Å²) in [6.45, 7) is 9.96. The third-order valence-electron chi connectivity index (χ3n) is 4.37. The van der Waals surface area contributed by atoms with Gasteiger partial charge in [0.05, 0.1) is 6.54 Å². The minimum Gasteiger partial charge on any atom is -0.303 e. The van der Waals surface area contributed by atoms with E-state index in [4.69, 9.17) is 0 Å². The molecule has 1 aromatic rings. The molecule has 0 saturated carbocycles. The van der Waals surface area contributed by atoms with Gasteiger partial charge in [0.25, 0.3) is 0 Å². The Morgan fingerprint density at radius 3 is 2.48 bits per heavy atom. The van der Waals surface area contributed by atoms with Gasteiger partial charge in [-0.15, -0.1) is 0 Å². The maximum atomic E-state index is 11.6. The van der Waals surface area contributed by atoms with Crippen LogP contribution in [0.5, 0.6) is 0 Å². The predicted octanol–water partition coefficient (Wildman–Crippen LogP) is 2.56. The van der Waals surface area contributed by atoms with Crippen molar-refractivity contribution in [1.29, 1.82) is 0 Å². The third kappa shape index (κ3) is 6.48. The van der Waals surface area contributed by atoms with Crippen molar-refractivity contribution in [2.75, 3.05) is 6.54 Å². The minimum absolute atomic E-state index is 0.120. The van der Waals surface area contributed by atoms with Crippen LogP contribution in [0.15, 0.2) is 18.3 Å². The van der Waals surface area contributed by atoms with E-state index in [1.165, 1.54) is 12.5 Å². The van der Waals surface area contributed by atoms with E-state index in [2.05, 4.69) is 55.4 Å². The number of nitrogens with zero attached hydrogens (tertiary/aromatic N) is 1. The average molecular weight is 319 g/mol. The van der Waals surface area contributed by atoms with Crippen LogP contribution < -0.4 is 10.6 Å². The Kier molecular flexibility index (Phi) is 7.36. The van der Waals surface area contributed by atoms with Crippen LogP contribution in [-0.4, -0.2) is 28.9 Å². The van der Waals surface area contributed by atoms with E-state index in [0.717, 1.165) is 25.0 Å². The Bertz CT molecular complexity index is 528. The summed E-state index contributed by atoms with van der Waals surface area (Å²) >= 11 is 0. The average Bonchev–Trinajstić information content (AvgIpc) is 2.52. The molecule has 2 N–H and O–H groups in total. The summed E-state index contributed by atoms with van der Waals surface area (Å²) in [6, 6.07) is 4.20. The van der Waals surface area contributed by atoms with Crippen LogP contribution in [0.3, 0.4) is 0 Å². The van der Waals surface area contributed by atoms with Crippen molar-refractivity contribution in [2.45, 2.75) is 65.3 Å². The SMILES string of the molecule is CCC(C)c1ccc(CC(C)(CC)NCC(=O)NC(C)=O)nc1. The predicted molar refractivity (Wildman–Crippen MR) is 92.2 cm³/mol. The van der Waals surface area contributed by atoms with Crippen molar-refractivity contribution in [3.05, 3.63) is 29.6 Å². The van der Waals surface area contributed by atoms with E-state index in [1.807, 2.05) is 6.20 Å². The molecule has 1 heterocycles. The Balaban J connectivity index is 2.66. The zero-order chi connectivity index (χ0) is 17.5. The molecule has 0 aliphatic rings. The molecule has 5 nitrogen and oxygen atoms in total. The van der Waals surface area contributed by atoms with Gasteiger partial charge in [-0.1, -0.05) is 26.8 Å². The number of hydrogen-bond acceptors (Lipinski definition) is 4. The van der Waals surface area contributed by atoms with Crippen molar-refractivity contribution < 1.29 is 9.59 Å². The number of aromatic nitrogens is 1. The molecule has 2 atom stereocenters. The molecule has 23 heavy (non-hydrogen) atoms. The zero-order valence-electron chi connectivity index (χ0n) is 14.9. The smallest absolute Gasteiger partial charge is 0.240 e. The Hall–Kier alpha value is -1.75. The molecule has 0 spiro atoms. The van der Waals surface area contributed by atoms with Crippen LogP contribution in [0.4, 0.5) is 0 Å². The first kappa shape index (κ1) is 19.3. The minimum atomic E-state index is -0.336. The van der Waals surface area contributed by atoms with Gasteiger partial charge in [-0.2, -0.15) is 0 Å². The molecule has 0 aliphatic carbocycles. The first-order chi connectivity index (χ1) is 10.8. The molecule has 0 aromatic carbocycles. The van der Waals surface area contributed by atoms with Gasteiger partial charge in [0.2, 0.25) is 11.8 Å². The van der Waals surface area contributed by atoms with Crippen LogP contribution in [0.1, 0.15) is 64.6 Å². The largest absolute Gasteiger partial charge is 0.303 e. The molecular weight excluding hydrogens is 290 g/mol. The fourth-order valence-electron chi connectivity index (χ4n) is 2.31. The number of imide groups is 1. The number of nitrogens with one attached hydrogen (secondary N) is 2. The highest BCUT2D eigenvalue weighted by molar-refractivity contribution is 5.94. The standard InChI is InChI=1S/C18H29N3O2/c1-6-13(3)15-8-9-16(19-11-15)10-18(5,7-2)20-12-17(23)21-14(4)22/h8-9,11,13,20H,6-7,10,12H2,1-5H3,(H,21,22,23). The van der Waals surface area contributed by atoms with Crippen LogP contribution in [0.2, 0.25) is 0 Å². The summed E-state index contributed by atoms with van der Waals surface area (Å²) in [5.41, 5.74) is 2.02. The number of carbonyl (C=O) groups excluding carboxylic acids is 2. The summed E-state index contributed by atoms with van der Waals surface area (Å²) in [6.07, 6.45) is 4.63. The lowest BCUT2D eigenvalue weighted by Crippen LogP contribution is -2.49. The highest BCUT2D eigenvalue weighted by Crippen LogP contribution is 2.20. The van der Waals surface area contributed by atoms with E-state index >= 15 is 0 Å². The van der Waals surface area contributed by atoms with E-state index in [9.17, 15) is 9.59 Å². The maximum absolute atomic E-state index is 11.6. The number of carbonyl (C=O) groups is 2. The molecule has 2 amide bonds. The summed E-state index contributed by atoms with van der Waals surface area (Å²) in [4.78, 5) is 27.1. The van der Waals surface area contributed by atoms with Crippen LogP contribution in [0.25, 0.3) is 0 Å². The summed E-state index contributed by atoms with van der Waals surface area (Å²) in [5.74, 6) is -0.128. The fraction of sp³-hybridized carbons (Fsp3) is 0.611. The molecule has 5 heteroatoms.